The normalized spacial score (nSPS) is 9.86. The molecule has 22 heavy (non-hydrogen) atoms. The predicted molar refractivity (Wildman–Crippen MR) is 84.5 cm³/mol. The number of aryl methyl sites for hydroxylation is 1. The van der Waals surface area contributed by atoms with Gasteiger partial charge in [-0.3, -0.25) is 0 Å². The Labute approximate surface area is 130 Å². The number of rotatable bonds is 7. The number of benzene rings is 2. The molecule has 4 heteroatoms. The van der Waals surface area contributed by atoms with E-state index in [1.165, 1.54) is 5.56 Å². The van der Waals surface area contributed by atoms with Crippen LogP contribution in [0, 0.1) is 11.3 Å². The Bertz CT molecular complexity index is 644. The van der Waals surface area contributed by atoms with Crippen LogP contribution in [0.15, 0.2) is 42.5 Å². The van der Waals surface area contributed by atoms with Crippen LogP contribution in [0.4, 0.5) is 0 Å². The lowest BCUT2D eigenvalue weighted by Crippen LogP contribution is -2.09. The lowest BCUT2D eigenvalue weighted by Gasteiger charge is -2.11. The van der Waals surface area contributed by atoms with E-state index in [9.17, 15) is 0 Å². The van der Waals surface area contributed by atoms with E-state index in [0.717, 1.165) is 12.2 Å². The van der Waals surface area contributed by atoms with Gasteiger partial charge in [0, 0.05) is 6.07 Å². The van der Waals surface area contributed by atoms with Gasteiger partial charge in [0.05, 0.1) is 12.7 Å². The maximum Gasteiger partial charge on any atom is 0.140 e. The first-order valence-corrected chi connectivity index (χ1v) is 7.19. The van der Waals surface area contributed by atoms with Gasteiger partial charge in [-0.15, -0.1) is 0 Å². The molecule has 0 amide bonds. The second-order valence-electron chi connectivity index (χ2n) is 4.67. The van der Waals surface area contributed by atoms with Crippen molar-refractivity contribution in [3.63, 3.8) is 0 Å². The standard InChI is InChI=1S/C18H19NO3/c1-3-14-4-7-16(8-5-14)21-10-11-22-18-12-17(20-2)9-6-15(18)13-19/h4-9,12H,3,10-11H2,1-2H3. The Morgan fingerprint density at radius 2 is 1.64 bits per heavy atom. The lowest BCUT2D eigenvalue weighted by atomic mass is 10.2. The molecule has 0 radical (unpaired) electrons. The van der Waals surface area contributed by atoms with Crippen molar-refractivity contribution >= 4 is 0 Å². The van der Waals surface area contributed by atoms with Crippen molar-refractivity contribution in [1.82, 2.24) is 0 Å². The molecule has 0 saturated carbocycles. The summed E-state index contributed by atoms with van der Waals surface area (Å²) in [7, 11) is 1.58. The lowest BCUT2D eigenvalue weighted by molar-refractivity contribution is 0.216. The maximum atomic E-state index is 9.06. The molecule has 0 heterocycles. The highest BCUT2D eigenvalue weighted by atomic mass is 16.5. The second kappa shape index (κ2) is 7.94. The van der Waals surface area contributed by atoms with Gasteiger partial charge >= 0.3 is 0 Å². The van der Waals surface area contributed by atoms with Gasteiger partial charge < -0.3 is 14.2 Å². The van der Waals surface area contributed by atoms with Gasteiger partial charge in [0.15, 0.2) is 0 Å². The van der Waals surface area contributed by atoms with Crippen LogP contribution < -0.4 is 14.2 Å². The van der Waals surface area contributed by atoms with Crippen LogP contribution in [0.3, 0.4) is 0 Å². The molecule has 0 aliphatic carbocycles. The fourth-order valence-electron chi connectivity index (χ4n) is 1.97. The highest BCUT2D eigenvalue weighted by molar-refractivity contribution is 5.47. The Morgan fingerprint density at radius 3 is 2.27 bits per heavy atom. The predicted octanol–water partition coefficient (Wildman–Crippen LogP) is 3.59. The molecule has 0 atom stereocenters. The molecule has 0 spiro atoms. The Morgan fingerprint density at radius 1 is 0.955 bits per heavy atom. The van der Waals surface area contributed by atoms with E-state index in [1.807, 2.05) is 24.3 Å². The molecule has 0 fully saturated rings. The van der Waals surface area contributed by atoms with Crippen LogP contribution >= 0.6 is 0 Å². The van der Waals surface area contributed by atoms with Crippen molar-refractivity contribution in [2.75, 3.05) is 20.3 Å². The molecule has 2 rings (SSSR count). The molecule has 0 bridgehead atoms. The molecule has 2 aromatic rings. The Kier molecular flexibility index (Phi) is 5.67. The maximum absolute atomic E-state index is 9.06. The number of ether oxygens (including phenoxy) is 3. The summed E-state index contributed by atoms with van der Waals surface area (Å²) in [4.78, 5) is 0. The van der Waals surface area contributed by atoms with E-state index < -0.39 is 0 Å². The van der Waals surface area contributed by atoms with Crippen LogP contribution in [0.1, 0.15) is 18.1 Å². The number of hydrogen-bond acceptors (Lipinski definition) is 4. The summed E-state index contributed by atoms with van der Waals surface area (Å²) in [5.74, 6) is 1.98. The number of hydrogen-bond donors (Lipinski definition) is 0. The van der Waals surface area contributed by atoms with Crippen molar-refractivity contribution in [2.45, 2.75) is 13.3 Å². The summed E-state index contributed by atoms with van der Waals surface area (Å²) < 4.78 is 16.4. The third kappa shape index (κ3) is 4.16. The molecule has 0 aromatic heterocycles. The smallest absolute Gasteiger partial charge is 0.140 e. The number of nitriles is 1. The topological polar surface area (TPSA) is 51.5 Å². The zero-order valence-electron chi connectivity index (χ0n) is 12.8. The molecular formula is C18H19NO3. The third-order valence-electron chi connectivity index (χ3n) is 3.25. The van der Waals surface area contributed by atoms with Gasteiger partial charge in [-0.05, 0) is 36.2 Å². The Balaban J connectivity index is 1.86. The van der Waals surface area contributed by atoms with Crippen molar-refractivity contribution in [3.05, 3.63) is 53.6 Å². The monoisotopic (exact) mass is 297 g/mol. The number of methoxy groups -OCH3 is 1. The first kappa shape index (κ1) is 15.7. The Hall–Kier alpha value is -2.67. The molecule has 0 aliphatic heterocycles. The van der Waals surface area contributed by atoms with Crippen LogP contribution in [-0.2, 0) is 6.42 Å². The molecule has 4 nitrogen and oxygen atoms in total. The van der Waals surface area contributed by atoms with Crippen molar-refractivity contribution < 1.29 is 14.2 Å². The summed E-state index contributed by atoms with van der Waals surface area (Å²) in [6.45, 7) is 2.88. The quantitative estimate of drug-likeness (QED) is 0.733. The van der Waals surface area contributed by atoms with Crippen LogP contribution in [0.25, 0.3) is 0 Å². The van der Waals surface area contributed by atoms with Gasteiger partial charge in [-0.1, -0.05) is 19.1 Å². The first-order chi connectivity index (χ1) is 10.8. The van der Waals surface area contributed by atoms with Crippen LogP contribution in [0.2, 0.25) is 0 Å². The fraction of sp³-hybridized carbons (Fsp3) is 0.278. The van der Waals surface area contributed by atoms with Gasteiger partial charge in [0.25, 0.3) is 0 Å². The minimum absolute atomic E-state index is 0.359. The molecule has 114 valence electrons. The average molecular weight is 297 g/mol. The highest BCUT2D eigenvalue weighted by Crippen LogP contribution is 2.24. The summed E-state index contributed by atoms with van der Waals surface area (Å²) in [6, 6.07) is 15.2. The van der Waals surface area contributed by atoms with Crippen LogP contribution in [0.5, 0.6) is 17.2 Å². The summed E-state index contributed by atoms with van der Waals surface area (Å²) in [5, 5.41) is 9.06. The molecule has 0 saturated heterocycles. The van der Waals surface area contributed by atoms with Gasteiger partial charge in [-0.25, -0.2) is 0 Å². The van der Waals surface area contributed by atoms with E-state index in [4.69, 9.17) is 19.5 Å². The largest absolute Gasteiger partial charge is 0.497 e. The van der Waals surface area contributed by atoms with Gasteiger partial charge in [-0.2, -0.15) is 5.26 Å². The minimum Gasteiger partial charge on any atom is -0.497 e. The first-order valence-electron chi connectivity index (χ1n) is 7.19. The molecule has 2 aromatic carbocycles. The molecule has 0 N–H and O–H groups in total. The van der Waals surface area contributed by atoms with E-state index in [0.29, 0.717) is 30.3 Å². The summed E-state index contributed by atoms with van der Waals surface area (Å²) in [6.07, 6.45) is 1.01. The van der Waals surface area contributed by atoms with Gasteiger partial charge in [0.1, 0.15) is 36.5 Å². The zero-order chi connectivity index (χ0) is 15.8. The number of nitrogens with zero attached hydrogens (tertiary/aromatic N) is 1. The molecular weight excluding hydrogens is 278 g/mol. The average Bonchev–Trinajstić information content (AvgIpc) is 2.59. The molecule has 0 aliphatic rings. The fourth-order valence-corrected chi connectivity index (χ4v) is 1.97. The van der Waals surface area contributed by atoms with E-state index in [1.54, 1.807) is 25.3 Å². The van der Waals surface area contributed by atoms with Crippen LogP contribution in [-0.4, -0.2) is 20.3 Å². The third-order valence-corrected chi connectivity index (χ3v) is 3.25. The van der Waals surface area contributed by atoms with Crippen molar-refractivity contribution in [3.8, 4) is 23.3 Å². The van der Waals surface area contributed by atoms with E-state index in [2.05, 4.69) is 13.0 Å². The second-order valence-corrected chi connectivity index (χ2v) is 4.67. The molecule has 0 unspecified atom stereocenters. The highest BCUT2D eigenvalue weighted by Gasteiger charge is 2.05. The van der Waals surface area contributed by atoms with Crippen molar-refractivity contribution in [2.24, 2.45) is 0 Å². The zero-order valence-corrected chi connectivity index (χ0v) is 12.8. The SMILES string of the molecule is CCc1ccc(OCCOc2cc(OC)ccc2C#N)cc1. The summed E-state index contributed by atoms with van der Waals surface area (Å²) >= 11 is 0. The minimum atomic E-state index is 0.359. The van der Waals surface area contributed by atoms with E-state index >= 15 is 0 Å². The van der Waals surface area contributed by atoms with Crippen molar-refractivity contribution in [1.29, 1.82) is 5.26 Å². The summed E-state index contributed by atoms with van der Waals surface area (Å²) in [5.41, 5.74) is 1.76. The van der Waals surface area contributed by atoms with E-state index in [-0.39, 0.29) is 0 Å². The van der Waals surface area contributed by atoms with Gasteiger partial charge in [0.2, 0.25) is 0 Å².